The number of nitrogens with one attached hydrogen (secondary N) is 2. The van der Waals surface area contributed by atoms with Gasteiger partial charge in [0.2, 0.25) is 5.91 Å². The van der Waals surface area contributed by atoms with Gasteiger partial charge >= 0.3 is 0 Å². The predicted molar refractivity (Wildman–Crippen MR) is 124 cm³/mol. The fourth-order valence-corrected chi connectivity index (χ4v) is 3.25. The smallest absolute Gasteiger partial charge is 0.285 e. The molecule has 0 radical (unpaired) electrons. The van der Waals surface area contributed by atoms with Gasteiger partial charge in [0.15, 0.2) is 11.5 Å². The lowest BCUT2D eigenvalue weighted by molar-refractivity contribution is -0.119. The van der Waals surface area contributed by atoms with Crippen molar-refractivity contribution < 1.29 is 23.9 Å². The predicted octanol–water partition coefficient (Wildman–Crippen LogP) is 3.04. The first-order valence-electron chi connectivity index (χ1n) is 10.7. The van der Waals surface area contributed by atoms with Gasteiger partial charge in [0.1, 0.15) is 5.71 Å². The Morgan fingerprint density at radius 2 is 1.79 bits per heavy atom. The van der Waals surface area contributed by atoms with Crippen molar-refractivity contribution in [3.05, 3.63) is 53.1 Å². The quantitative estimate of drug-likeness (QED) is 0.628. The second-order valence-electron chi connectivity index (χ2n) is 7.66. The number of hydrogen-bond donors (Lipinski definition) is 2. The molecule has 3 amide bonds. The molecule has 9 heteroatoms. The first kappa shape index (κ1) is 23.8. The van der Waals surface area contributed by atoms with E-state index >= 15 is 0 Å². The first-order chi connectivity index (χ1) is 15.8. The van der Waals surface area contributed by atoms with Gasteiger partial charge in [-0.2, -0.15) is 5.10 Å². The highest BCUT2D eigenvalue weighted by Crippen LogP contribution is 2.28. The van der Waals surface area contributed by atoms with Crippen molar-refractivity contribution in [1.82, 2.24) is 10.9 Å². The molecule has 0 unspecified atom stereocenters. The molecule has 2 aromatic carbocycles. The lowest BCUT2D eigenvalue weighted by Gasteiger charge is -2.24. The number of hydrogen-bond acceptors (Lipinski definition) is 6. The maximum Gasteiger partial charge on any atom is 0.285 e. The van der Waals surface area contributed by atoms with Crippen LogP contribution in [0.4, 0.5) is 5.69 Å². The highest BCUT2D eigenvalue weighted by atomic mass is 16.5. The lowest BCUT2D eigenvalue weighted by atomic mass is 10.1. The third-order valence-corrected chi connectivity index (χ3v) is 5.06. The van der Waals surface area contributed by atoms with Crippen molar-refractivity contribution in [1.29, 1.82) is 0 Å². The molecule has 174 valence electrons. The third kappa shape index (κ3) is 5.68. The summed E-state index contributed by atoms with van der Waals surface area (Å²) in [5, 5.41) is 5.51. The van der Waals surface area contributed by atoms with Gasteiger partial charge < -0.3 is 9.47 Å². The Hall–Kier alpha value is -3.88. The highest BCUT2D eigenvalue weighted by molar-refractivity contribution is 6.40. The number of hydrazone groups is 1. The Labute approximate surface area is 192 Å². The zero-order valence-electron chi connectivity index (χ0n) is 19.2. The van der Waals surface area contributed by atoms with Crippen molar-refractivity contribution in [2.45, 2.75) is 40.0 Å². The van der Waals surface area contributed by atoms with Crippen molar-refractivity contribution in [3.8, 4) is 11.5 Å². The number of hydrazine groups is 1. The Bertz CT molecular complexity index is 1100. The summed E-state index contributed by atoms with van der Waals surface area (Å²) in [4.78, 5) is 37.6. The van der Waals surface area contributed by atoms with E-state index in [1.807, 2.05) is 39.0 Å². The van der Waals surface area contributed by atoms with Crippen LogP contribution in [0.25, 0.3) is 0 Å². The summed E-state index contributed by atoms with van der Waals surface area (Å²) in [7, 11) is 1.49. The Kier molecular flexibility index (Phi) is 7.66. The van der Waals surface area contributed by atoms with Crippen LogP contribution in [0.1, 0.15) is 47.7 Å². The van der Waals surface area contributed by atoms with E-state index in [0.717, 1.165) is 17.5 Å². The van der Waals surface area contributed by atoms with E-state index in [4.69, 9.17) is 9.47 Å². The van der Waals surface area contributed by atoms with Crippen LogP contribution in [0.3, 0.4) is 0 Å². The van der Waals surface area contributed by atoms with E-state index in [9.17, 15) is 14.4 Å². The van der Waals surface area contributed by atoms with Crippen LogP contribution in [-0.4, -0.2) is 37.1 Å². The molecule has 0 saturated heterocycles. The number of methoxy groups -OCH3 is 1. The van der Waals surface area contributed by atoms with Crippen LogP contribution < -0.4 is 25.3 Å². The van der Waals surface area contributed by atoms with Gasteiger partial charge in [-0.15, -0.1) is 0 Å². The van der Waals surface area contributed by atoms with Crippen molar-refractivity contribution in [2.75, 3.05) is 18.7 Å². The molecule has 2 aromatic rings. The molecule has 0 aromatic heterocycles. The van der Waals surface area contributed by atoms with Gasteiger partial charge in [-0.3, -0.25) is 25.2 Å². The molecule has 0 atom stereocenters. The van der Waals surface area contributed by atoms with Crippen LogP contribution in [-0.2, 0) is 9.59 Å². The molecule has 2 N–H and O–H groups in total. The number of nitrogens with zero attached hydrogens (tertiary/aromatic N) is 2. The van der Waals surface area contributed by atoms with Crippen molar-refractivity contribution in [3.63, 3.8) is 0 Å². The molecule has 3 rings (SSSR count). The monoisotopic (exact) mass is 452 g/mol. The van der Waals surface area contributed by atoms with Gasteiger partial charge in [0.05, 0.1) is 19.4 Å². The van der Waals surface area contributed by atoms with Gasteiger partial charge in [-0.05, 0) is 55.7 Å². The summed E-state index contributed by atoms with van der Waals surface area (Å²) in [6.45, 7) is 6.31. The minimum atomic E-state index is -0.582. The zero-order valence-corrected chi connectivity index (χ0v) is 19.2. The summed E-state index contributed by atoms with van der Waals surface area (Å²) >= 11 is 0. The number of benzene rings is 2. The number of ether oxygens (including phenoxy) is 2. The van der Waals surface area contributed by atoms with Crippen LogP contribution in [0.2, 0.25) is 0 Å². The number of amides is 3. The summed E-state index contributed by atoms with van der Waals surface area (Å²) in [5.74, 6) is -0.347. The molecular weight excluding hydrogens is 424 g/mol. The standard InChI is InChI=1S/C24H28N4O5/c1-5-12-33-20-10-8-17(14-21(20)32-4)23(30)25-26-24(31)18-9-11-22(29)28(27-18)19-13-15(2)6-7-16(19)3/h6-8,10,13-14H,5,9,11-12H2,1-4H3,(H,25,30)(H,26,31). The van der Waals surface area contributed by atoms with E-state index in [0.29, 0.717) is 23.8 Å². The minimum Gasteiger partial charge on any atom is -0.493 e. The van der Waals surface area contributed by atoms with Crippen LogP contribution in [0, 0.1) is 13.8 Å². The van der Waals surface area contributed by atoms with E-state index in [2.05, 4.69) is 16.0 Å². The average molecular weight is 453 g/mol. The van der Waals surface area contributed by atoms with Crippen LogP contribution in [0.5, 0.6) is 11.5 Å². The second-order valence-corrected chi connectivity index (χ2v) is 7.66. The first-order valence-corrected chi connectivity index (χ1v) is 10.7. The van der Waals surface area contributed by atoms with Gasteiger partial charge in [-0.1, -0.05) is 19.1 Å². The minimum absolute atomic E-state index is 0.143. The molecule has 1 heterocycles. The summed E-state index contributed by atoms with van der Waals surface area (Å²) < 4.78 is 10.9. The number of anilines is 1. The number of carbonyl (C=O) groups excluding carboxylic acids is 3. The van der Waals surface area contributed by atoms with Crippen LogP contribution >= 0.6 is 0 Å². The molecule has 9 nitrogen and oxygen atoms in total. The summed E-state index contributed by atoms with van der Waals surface area (Å²) in [6.07, 6.45) is 1.16. The summed E-state index contributed by atoms with van der Waals surface area (Å²) in [5.41, 5.74) is 7.66. The van der Waals surface area contributed by atoms with E-state index < -0.39 is 11.8 Å². The molecule has 1 aliphatic rings. The average Bonchev–Trinajstić information content (AvgIpc) is 2.82. The number of aryl methyl sites for hydroxylation is 2. The van der Waals surface area contributed by atoms with E-state index in [-0.39, 0.29) is 30.0 Å². The number of rotatable bonds is 7. The molecule has 1 aliphatic heterocycles. The highest BCUT2D eigenvalue weighted by Gasteiger charge is 2.27. The fraction of sp³-hybridized carbons (Fsp3) is 0.333. The SMILES string of the molecule is CCCOc1ccc(C(=O)NNC(=O)C2=NN(c3cc(C)ccc3C)C(=O)CC2)cc1OC. The van der Waals surface area contributed by atoms with Gasteiger partial charge in [0, 0.05) is 18.4 Å². The van der Waals surface area contributed by atoms with E-state index in [1.165, 1.54) is 18.2 Å². The van der Waals surface area contributed by atoms with Crippen molar-refractivity contribution in [2.24, 2.45) is 5.10 Å². The Morgan fingerprint density at radius 1 is 1.03 bits per heavy atom. The molecule has 0 spiro atoms. The van der Waals surface area contributed by atoms with Crippen LogP contribution in [0.15, 0.2) is 41.5 Å². The fourth-order valence-electron chi connectivity index (χ4n) is 3.25. The zero-order chi connectivity index (χ0) is 24.0. The lowest BCUT2D eigenvalue weighted by Crippen LogP contribution is -2.47. The van der Waals surface area contributed by atoms with E-state index in [1.54, 1.807) is 12.1 Å². The maximum absolute atomic E-state index is 12.6. The van der Waals surface area contributed by atoms with Crippen molar-refractivity contribution >= 4 is 29.1 Å². The molecule has 0 saturated carbocycles. The molecule has 0 fully saturated rings. The third-order valence-electron chi connectivity index (χ3n) is 5.06. The maximum atomic E-state index is 12.6. The molecule has 33 heavy (non-hydrogen) atoms. The Morgan fingerprint density at radius 3 is 2.52 bits per heavy atom. The normalized spacial score (nSPS) is 13.3. The largest absolute Gasteiger partial charge is 0.493 e. The molecule has 0 aliphatic carbocycles. The molecular formula is C24H28N4O5. The summed E-state index contributed by atoms with van der Waals surface area (Å²) in [6, 6.07) is 10.4. The number of carbonyl (C=O) groups is 3. The second kappa shape index (κ2) is 10.6. The van der Waals surface area contributed by atoms with Gasteiger partial charge in [0.25, 0.3) is 11.8 Å². The Balaban J connectivity index is 1.69. The van der Waals surface area contributed by atoms with Gasteiger partial charge in [-0.25, -0.2) is 5.01 Å². The molecule has 0 bridgehead atoms. The topological polar surface area (TPSA) is 109 Å².